The molecule has 10 nitrogen and oxygen atoms in total. The van der Waals surface area contributed by atoms with Gasteiger partial charge in [0.1, 0.15) is 11.3 Å². The number of unbranched alkanes of at least 4 members (excludes halogenated alkanes) is 1. The molecule has 1 aromatic carbocycles. The van der Waals surface area contributed by atoms with Crippen LogP contribution in [0.5, 0.6) is 0 Å². The maximum absolute atomic E-state index is 13.9. The van der Waals surface area contributed by atoms with Crippen molar-refractivity contribution in [3.8, 4) is 0 Å². The van der Waals surface area contributed by atoms with Gasteiger partial charge in [-0.05, 0) is 30.2 Å². The second kappa shape index (κ2) is 10.8. The first-order chi connectivity index (χ1) is 13.5. The fourth-order valence-electron chi connectivity index (χ4n) is 1.96. The quantitative estimate of drug-likeness (QED) is 0.0519. The van der Waals surface area contributed by atoms with Gasteiger partial charge in [-0.2, -0.15) is 9.56 Å². The number of ether oxygens (including phenoxy) is 1. The summed E-state index contributed by atoms with van der Waals surface area (Å²) in [5, 5.41) is 2.52. The Morgan fingerprint density at radius 3 is 2.03 bits per heavy atom. The van der Waals surface area contributed by atoms with E-state index < -0.39 is 47.1 Å². The predicted molar refractivity (Wildman–Crippen MR) is 98.7 cm³/mol. The van der Waals surface area contributed by atoms with Crippen molar-refractivity contribution in [3.63, 3.8) is 0 Å². The Hall–Kier alpha value is -1.83. The van der Waals surface area contributed by atoms with Crippen molar-refractivity contribution in [2.24, 2.45) is 16.8 Å². The maximum atomic E-state index is 13.9. The van der Waals surface area contributed by atoms with E-state index in [4.69, 9.17) is 33.5 Å². The maximum Gasteiger partial charge on any atom is 0.344 e. The molecule has 0 saturated heterocycles. The number of nitrogens with zero attached hydrogens (tertiary/aromatic N) is 5. The molecular weight excluding hydrogens is 441 g/mol. The standard InChI is InChI=1S/C13H18F4N7O3PS/c1-23(19)28(29,24(2)20)27-6-4-3-5-26-13(25)7-8(14)10(16)12(21-22-18)11(17)9(7)15/h3-6,19-20H2,1-2H3. The lowest BCUT2D eigenvalue weighted by atomic mass is 10.1. The van der Waals surface area contributed by atoms with Crippen molar-refractivity contribution in [1.82, 2.24) is 9.56 Å². The molecule has 162 valence electrons. The zero-order valence-electron chi connectivity index (χ0n) is 15.3. The molecule has 0 radical (unpaired) electrons. The van der Waals surface area contributed by atoms with E-state index in [1.165, 1.54) is 14.1 Å². The highest BCUT2D eigenvalue weighted by molar-refractivity contribution is 8.09. The SMILES string of the molecule is CN(N)P(=S)(OCCCCOC(=O)c1c(F)c(F)c(N=[N+]=[N-])c(F)c1F)N(C)N. The minimum Gasteiger partial charge on any atom is -0.462 e. The van der Waals surface area contributed by atoms with Gasteiger partial charge in [-0.3, -0.25) is 11.7 Å². The lowest BCUT2D eigenvalue weighted by Crippen LogP contribution is -2.36. The van der Waals surface area contributed by atoms with Gasteiger partial charge >= 0.3 is 5.97 Å². The van der Waals surface area contributed by atoms with Crippen LogP contribution in [0.3, 0.4) is 0 Å². The molecule has 29 heavy (non-hydrogen) atoms. The van der Waals surface area contributed by atoms with Crippen LogP contribution >= 0.6 is 6.57 Å². The van der Waals surface area contributed by atoms with Gasteiger partial charge in [0.15, 0.2) is 23.3 Å². The first-order valence-corrected chi connectivity index (χ1v) is 10.4. The van der Waals surface area contributed by atoms with Crippen LogP contribution < -0.4 is 11.7 Å². The number of benzene rings is 1. The van der Waals surface area contributed by atoms with E-state index in [0.29, 0.717) is 6.42 Å². The van der Waals surface area contributed by atoms with Crippen LogP contribution in [0, 0.1) is 23.3 Å². The zero-order valence-corrected chi connectivity index (χ0v) is 17.0. The van der Waals surface area contributed by atoms with Gasteiger partial charge in [0, 0.05) is 19.0 Å². The highest BCUT2D eigenvalue weighted by atomic mass is 32.5. The Kier molecular flexibility index (Phi) is 9.39. The molecule has 0 aliphatic rings. The largest absolute Gasteiger partial charge is 0.462 e. The van der Waals surface area contributed by atoms with E-state index in [2.05, 4.69) is 14.8 Å². The van der Waals surface area contributed by atoms with Crippen LogP contribution in [0.2, 0.25) is 0 Å². The number of hydrogen-bond donors (Lipinski definition) is 2. The number of esters is 1. The number of rotatable bonds is 10. The second-order valence-electron chi connectivity index (χ2n) is 5.48. The van der Waals surface area contributed by atoms with E-state index in [1.54, 1.807) is 0 Å². The molecule has 0 aliphatic heterocycles. The molecule has 0 saturated carbocycles. The van der Waals surface area contributed by atoms with Crippen molar-refractivity contribution in [2.45, 2.75) is 12.8 Å². The number of halogens is 4. The molecule has 16 heteroatoms. The average molecular weight is 459 g/mol. The molecule has 0 spiro atoms. The summed E-state index contributed by atoms with van der Waals surface area (Å²) in [5.74, 6) is 1.50. The summed E-state index contributed by atoms with van der Waals surface area (Å²) >= 11 is 5.24. The number of carbonyl (C=O) groups is 1. The normalized spacial score (nSPS) is 11.7. The zero-order chi connectivity index (χ0) is 22.4. The van der Waals surface area contributed by atoms with E-state index in [1.807, 2.05) is 0 Å². The first kappa shape index (κ1) is 25.2. The van der Waals surface area contributed by atoms with Crippen LogP contribution in [0.25, 0.3) is 10.4 Å². The molecular formula is C13H18F4N7O3PS. The third kappa shape index (κ3) is 5.84. The first-order valence-electron chi connectivity index (χ1n) is 7.79. The van der Waals surface area contributed by atoms with Crippen LogP contribution in [0.4, 0.5) is 23.2 Å². The molecule has 0 aliphatic carbocycles. The molecule has 0 unspecified atom stereocenters. The van der Waals surface area contributed by atoms with Crippen molar-refractivity contribution in [3.05, 3.63) is 39.3 Å². The summed E-state index contributed by atoms with van der Waals surface area (Å²) in [6, 6.07) is 0. The second-order valence-corrected chi connectivity index (χ2v) is 9.41. The lowest BCUT2D eigenvalue weighted by Gasteiger charge is -2.32. The summed E-state index contributed by atoms with van der Waals surface area (Å²) in [4.78, 5) is 13.9. The molecule has 4 N–H and O–H groups in total. The highest BCUT2D eigenvalue weighted by Crippen LogP contribution is 2.48. The number of carbonyl (C=O) groups excluding carboxylic acids is 1. The summed E-state index contributed by atoms with van der Waals surface area (Å²) in [6.07, 6.45) is 0.478. The van der Waals surface area contributed by atoms with Gasteiger partial charge in [0.05, 0.1) is 13.2 Å². The van der Waals surface area contributed by atoms with Crippen LogP contribution in [0.15, 0.2) is 5.11 Å². The van der Waals surface area contributed by atoms with Gasteiger partial charge < -0.3 is 9.26 Å². The van der Waals surface area contributed by atoms with Crippen molar-refractivity contribution >= 4 is 30.0 Å². The minimum atomic E-state index is -2.78. The number of hydrazine groups is 2. The van der Waals surface area contributed by atoms with Crippen LogP contribution in [-0.2, 0) is 21.1 Å². The molecule has 0 aromatic heterocycles. The molecule has 0 bridgehead atoms. The summed E-state index contributed by atoms with van der Waals surface area (Å²) < 4.78 is 67.5. The lowest BCUT2D eigenvalue weighted by molar-refractivity contribution is 0.0480. The monoisotopic (exact) mass is 459 g/mol. The minimum absolute atomic E-state index is 0.0880. The van der Waals surface area contributed by atoms with Crippen LogP contribution in [0.1, 0.15) is 23.2 Å². The molecule has 1 rings (SSSR count). The van der Waals surface area contributed by atoms with E-state index in [-0.39, 0.29) is 19.6 Å². The molecule has 0 heterocycles. The van der Waals surface area contributed by atoms with E-state index >= 15 is 0 Å². The van der Waals surface area contributed by atoms with Gasteiger partial charge in [0.25, 0.3) is 0 Å². The third-order valence-electron chi connectivity index (χ3n) is 3.42. The Morgan fingerprint density at radius 2 is 1.59 bits per heavy atom. The van der Waals surface area contributed by atoms with Crippen molar-refractivity contribution in [1.29, 1.82) is 0 Å². The molecule has 0 fully saturated rings. The molecule has 0 amide bonds. The summed E-state index contributed by atoms with van der Waals surface area (Å²) in [7, 11) is 2.97. The number of nitrogens with two attached hydrogens (primary N) is 2. The van der Waals surface area contributed by atoms with Gasteiger partial charge in [-0.15, -0.1) is 0 Å². The van der Waals surface area contributed by atoms with E-state index in [0.717, 1.165) is 9.56 Å². The molecule has 1 aromatic rings. The van der Waals surface area contributed by atoms with E-state index in [9.17, 15) is 22.4 Å². The topological polar surface area (TPSA) is 143 Å². The fourth-order valence-corrected chi connectivity index (χ4v) is 3.36. The summed E-state index contributed by atoms with van der Waals surface area (Å²) in [6.45, 7) is -3.03. The van der Waals surface area contributed by atoms with Gasteiger partial charge in [0.2, 0.25) is 6.57 Å². The van der Waals surface area contributed by atoms with Crippen molar-refractivity contribution < 1.29 is 31.6 Å². The third-order valence-corrected chi connectivity index (χ3v) is 7.39. The Bertz CT molecular complexity index is 826. The van der Waals surface area contributed by atoms with Crippen LogP contribution in [-0.4, -0.2) is 42.8 Å². The fraction of sp³-hybridized carbons (Fsp3) is 0.462. The Labute approximate surface area is 168 Å². The average Bonchev–Trinajstić information content (AvgIpc) is 2.65. The number of hydrogen-bond acceptors (Lipinski definition) is 7. The van der Waals surface area contributed by atoms with Gasteiger partial charge in [-0.25, -0.2) is 22.4 Å². The highest BCUT2D eigenvalue weighted by Gasteiger charge is 2.30. The van der Waals surface area contributed by atoms with Gasteiger partial charge in [-0.1, -0.05) is 5.11 Å². The smallest absolute Gasteiger partial charge is 0.344 e. The Balaban J connectivity index is 2.69. The number of azide groups is 1. The molecule has 0 atom stereocenters. The summed E-state index contributed by atoms with van der Waals surface area (Å²) in [5.41, 5.74) is 5.08. The predicted octanol–water partition coefficient (Wildman–Crippen LogP) is 2.97. The Morgan fingerprint density at radius 1 is 1.10 bits per heavy atom. The van der Waals surface area contributed by atoms with Crippen molar-refractivity contribution in [2.75, 3.05) is 27.3 Å².